The molecule has 2 nitrogen and oxygen atoms in total. The first-order chi connectivity index (χ1) is 4.72. The number of aliphatic carboxylic acids is 1. The molecule has 58 valence electrons. The summed E-state index contributed by atoms with van der Waals surface area (Å²) in [5.74, 6) is 0.257. The quantitative estimate of drug-likeness (QED) is 0.655. The summed E-state index contributed by atoms with van der Waals surface area (Å²) in [7, 11) is 3.50. The van der Waals surface area contributed by atoms with Crippen LogP contribution in [0.5, 0.6) is 0 Å². The van der Waals surface area contributed by atoms with E-state index in [1.54, 1.807) is 28.5 Å². The summed E-state index contributed by atoms with van der Waals surface area (Å²) >= 11 is 0. The van der Waals surface area contributed by atoms with Gasteiger partial charge in [0.1, 0.15) is 0 Å². The van der Waals surface area contributed by atoms with Gasteiger partial charge in [0, 0.05) is 11.0 Å². The second-order valence-corrected chi connectivity index (χ2v) is 5.10. The van der Waals surface area contributed by atoms with Crippen molar-refractivity contribution in [2.45, 2.75) is 18.6 Å². The molecular weight excluding hydrogens is 168 g/mol. The molecule has 2 atom stereocenters. The van der Waals surface area contributed by atoms with E-state index in [0.29, 0.717) is 5.25 Å². The normalized spacial score (nSPS) is 28.3. The fourth-order valence-corrected chi connectivity index (χ4v) is 4.00. The van der Waals surface area contributed by atoms with E-state index in [4.69, 9.17) is 5.11 Å². The molecule has 0 aromatic heterocycles. The molecule has 1 rings (SSSR count). The molecule has 0 saturated carbocycles. The van der Waals surface area contributed by atoms with E-state index in [0.717, 1.165) is 12.2 Å². The topological polar surface area (TPSA) is 37.3 Å². The highest BCUT2D eigenvalue weighted by molar-refractivity contribution is 8.77. The maximum absolute atomic E-state index is 10.5. The smallest absolute Gasteiger partial charge is 0.307 e. The van der Waals surface area contributed by atoms with Crippen LogP contribution >= 0.6 is 21.6 Å². The van der Waals surface area contributed by atoms with Crippen LogP contribution in [0.15, 0.2) is 0 Å². The van der Waals surface area contributed by atoms with Gasteiger partial charge in [-0.3, -0.25) is 4.79 Å². The Hall–Kier alpha value is 0.170. The molecule has 0 aromatic carbocycles. The van der Waals surface area contributed by atoms with Crippen LogP contribution in [0.3, 0.4) is 0 Å². The largest absolute Gasteiger partial charge is 0.481 e. The van der Waals surface area contributed by atoms with Crippen molar-refractivity contribution < 1.29 is 9.90 Å². The predicted octanol–water partition coefficient (Wildman–Crippen LogP) is 1.86. The standard InChI is InChI=1S/C6H10O2S2/c1-4(6(7)8)5-2-3-9-10-5/h4-5H,2-3H2,1H3,(H,7,8). The Morgan fingerprint density at radius 3 is 2.90 bits per heavy atom. The highest BCUT2D eigenvalue weighted by atomic mass is 33.1. The predicted molar refractivity (Wildman–Crippen MR) is 45.3 cm³/mol. The van der Waals surface area contributed by atoms with Crippen LogP contribution < -0.4 is 0 Å². The van der Waals surface area contributed by atoms with Gasteiger partial charge in [-0.25, -0.2) is 0 Å². The molecule has 0 amide bonds. The average molecular weight is 178 g/mol. The molecule has 1 aliphatic rings. The first kappa shape index (κ1) is 8.27. The summed E-state index contributed by atoms with van der Waals surface area (Å²) in [6.45, 7) is 1.78. The molecular formula is C6H10O2S2. The van der Waals surface area contributed by atoms with Gasteiger partial charge in [-0.05, 0) is 6.42 Å². The minimum atomic E-state index is -0.667. The number of hydrogen-bond acceptors (Lipinski definition) is 3. The van der Waals surface area contributed by atoms with E-state index >= 15 is 0 Å². The molecule has 1 heterocycles. The Balaban J connectivity index is 2.39. The van der Waals surface area contributed by atoms with E-state index in [9.17, 15) is 4.79 Å². The summed E-state index contributed by atoms with van der Waals surface area (Å²) in [5, 5.41) is 8.96. The zero-order valence-corrected chi connectivity index (χ0v) is 7.37. The van der Waals surface area contributed by atoms with Crippen molar-refractivity contribution in [2.24, 2.45) is 5.92 Å². The molecule has 0 spiro atoms. The van der Waals surface area contributed by atoms with E-state index in [1.807, 2.05) is 0 Å². The Kier molecular flexibility index (Phi) is 2.92. The molecule has 1 fully saturated rings. The van der Waals surface area contributed by atoms with Gasteiger partial charge < -0.3 is 5.11 Å². The second-order valence-electron chi connectivity index (χ2n) is 2.37. The van der Waals surface area contributed by atoms with Crippen molar-refractivity contribution >= 4 is 27.6 Å². The molecule has 0 bridgehead atoms. The monoisotopic (exact) mass is 178 g/mol. The zero-order valence-electron chi connectivity index (χ0n) is 5.74. The Bertz CT molecular complexity index is 132. The highest BCUT2D eigenvalue weighted by Crippen LogP contribution is 2.41. The minimum Gasteiger partial charge on any atom is -0.481 e. The van der Waals surface area contributed by atoms with E-state index in [-0.39, 0.29) is 5.92 Å². The van der Waals surface area contributed by atoms with Crippen LogP contribution in [0.4, 0.5) is 0 Å². The van der Waals surface area contributed by atoms with Crippen molar-refractivity contribution in [3.63, 3.8) is 0 Å². The lowest BCUT2D eigenvalue weighted by Crippen LogP contribution is -2.20. The van der Waals surface area contributed by atoms with Gasteiger partial charge >= 0.3 is 5.97 Å². The lowest BCUT2D eigenvalue weighted by Gasteiger charge is -2.10. The summed E-state index contributed by atoms with van der Waals surface area (Å²) in [6, 6.07) is 0. The molecule has 1 aliphatic heterocycles. The van der Waals surface area contributed by atoms with Gasteiger partial charge in [-0.2, -0.15) is 0 Å². The highest BCUT2D eigenvalue weighted by Gasteiger charge is 2.27. The van der Waals surface area contributed by atoms with Gasteiger partial charge in [0.05, 0.1) is 5.92 Å². The zero-order chi connectivity index (χ0) is 7.56. The minimum absolute atomic E-state index is 0.181. The van der Waals surface area contributed by atoms with E-state index < -0.39 is 5.97 Å². The molecule has 2 unspecified atom stereocenters. The van der Waals surface area contributed by atoms with Gasteiger partial charge in [-0.1, -0.05) is 28.5 Å². The van der Waals surface area contributed by atoms with Gasteiger partial charge in [-0.15, -0.1) is 0 Å². The van der Waals surface area contributed by atoms with Crippen LogP contribution in [0.2, 0.25) is 0 Å². The first-order valence-electron chi connectivity index (χ1n) is 3.23. The second kappa shape index (κ2) is 3.53. The van der Waals surface area contributed by atoms with Crippen LogP contribution in [-0.4, -0.2) is 22.1 Å². The maximum atomic E-state index is 10.5. The molecule has 0 aliphatic carbocycles. The number of hydrogen-bond donors (Lipinski definition) is 1. The molecule has 0 radical (unpaired) electrons. The van der Waals surface area contributed by atoms with E-state index in [1.165, 1.54) is 0 Å². The molecule has 0 aromatic rings. The maximum Gasteiger partial charge on any atom is 0.307 e. The van der Waals surface area contributed by atoms with Crippen molar-refractivity contribution in [3.8, 4) is 0 Å². The summed E-state index contributed by atoms with van der Waals surface area (Å²) < 4.78 is 0. The number of carboxylic acids is 1. The molecule has 1 N–H and O–H groups in total. The number of rotatable bonds is 2. The Morgan fingerprint density at radius 2 is 2.50 bits per heavy atom. The Morgan fingerprint density at radius 1 is 1.80 bits per heavy atom. The third kappa shape index (κ3) is 1.83. The van der Waals surface area contributed by atoms with Crippen LogP contribution in [0.25, 0.3) is 0 Å². The fraction of sp³-hybridized carbons (Fsp3) is 0.833. The lowest BCUT2D eigenvalue weighted by atomic mass is 10.1. The van der Waals surface area contributed by atoms with Crippen molar-refractivity contribution in [3.05, 3.63) is 0 Å². The summed E-state index contributed by atoms with van der Waals surface area (Å²) in [5.41, 5.74) is 0. The van der Waals surface area contributed by atoms with Crippen molar-refractivity contribution in [2.75, 3.05) is 5.75 Å². The van der Waals surface area contributed by atoms with Crippen LogP contribution in [-0.2, 0) is 4.79 Å². The van der Waals surface area contributed by atoms with Gasteiger partial charge in [0.25, 0.3) is 0 Å². The Labute approximate surface area is 68.2 Å². The first-order valence-corrected chi connectivity index (χ1v) is 5.61. The van der Waals surface area contributed by atoms with Crippen molar-refractivity contribution in [1.82, 2.24) is 0 Å². The average Bonchev–Trinajstić information content (AvgIpc) is 2.36. The van der Waals surface area contributed by atoms with Gasteiger partial charge in [0.2, 0.25) is 0 Å². The molecule has 1 saturated heterocycles. The SMILES string of the molecule is CC(C(=O)O)C1CCSS1. The van der Waals surface area contributed by atoms with Crippen LogP contribution in [0, 0.1) is 5.92 Å². The van der Waals surface area contributed by atoms with E-state index in [2.05, 4.69) is 0 Å². The fourth-order valence-electron chi connectivity index (χ4n) is 0.840. The van der Waals surface area contributed by atoms with Gasteiger partial charge in [0.15, 0.2) is 0 Å². The number of carbonyl (C=O) groups is 1. The molecule has 4 heteroatoms. The summed E-state index contributed by atoms with van der Waals surface area (Å²) in [4.78, 5) is 10.5. The number of carboxylic acid groups (broad SMARTS) is 1. The van der Waals surface area contributed by atoms with Crippen molar-refractivity contribution in [1.29, 1.82) is 0 Å². The third-order valence-electron chi connectivity index (χ3n) is 1.62. The lowest BCUT2D eigenvalue weighted by molar-refractivity contribution is -0.141. The van der Waals surface area contributed by atoms with Crippen LogP contribution in [0.1, 0.15) is 13.3 Å². The molecule has 10 heavy (non-hydrogen) atoms. The summed E-state index contributed by atoms with van der Waals surface area (Å²) in [6.07, 6.45) is 1.04. The third-order valence-corrected chi connectivity index (χ3v) is 4.70.